The van der Waals surface area contributed by atoms with Gasteiger partial charge < -0.3 is 20.3 Å². The molecule has 1 aromatic carbocycles. The van der Waals surface area contributed by atoms with Gasteiger partial charge in [-0.05, 0) is 17.7 Å². The number of carboxylic acid groups (broad SMARTS) is 1. The van der Waals surface area contributed by atoms with Gasteiger partial charge in [0.25, 0.3) is 0 Å². The molecule has 0 radical (unpaired) electrons. The maximum absolute atomic E-state index is 10.8. The summed E-state index contributed by atoms with van der Waals surface area (Å²) in [4.78, 5) is 10.8. The minimum absolute atomic E-state index is 0.161. The zero-order chi connectivity index (χ0) is 13.7. The van der Waals surface area contributed by atoms with Gasteiger partial charge in [-0.15, -0.1) is 0 Å². The molecule has 0 amide bonds. The molecule has 1 rings (SSSR count). The molecule has 0 fully saturated rings. The summed E-state index contributed by atoms with van der Waals surface area (Å²) in [7, 11) is 3.05. The Hall–Kier alpha value is -1.30. The van der Waals surface area contributed by atoms with Crippen molar-refractivity contribution in [3.05, 3.63) is 28.3 Å². The van der Waals surface area contributed by atoms with Gasteiger partial charge in [-0.2, -0.15) is 0 Å². The summed E-state index contributed by atoms with van der Waals surface area (Å²) in [6.07, 6.45) is 0.161. The summed E-state index contributed by atoms with van der Waals surface area (Å²) in [5.41, 5.74) is 7.03. The van der Waals surface area contributed by atoms with Crippen molar-refractivity contribution in [2.75, 3.05) is 14.2 Å². The number of ether oxygens (including phenoxy) is 2. The monoisotopic (exact) mass is 273 g/mol. The van der Waals surface area contributed by atoms with Crippen LogP contribution in [0, 0.1) is 0 Å². The maximum atomic E-state index is 10.8. The normalized spacial score (nSPS) is 12.2. The molecule has 0 bridgehead atoms. The van der Waals surface area contributed by atoms with Gasteiger partial charge in [0.1, 0.15) is 11.8 Å². The number of carbonyl (C=O) groups is 1. The molecule has 100 valence electrons. The van der Waals surface area contributed by atoms with Crippen molar-refractivity contribution in [2.45, 2.75) is 19.1 Å². The van der Waals surface area contributed by atoms with Crippen LogP contribution in [0.5, 0.6) is 5.75 Å². The van der Waals surface area contributed by atoms with Gasteiger partial charge in [-0.3, -0.25) is 4.79 Å². The van der Waals surface area contributed by atoms with E-state index in [1.807, 2.05) is 0 Å². The van der Waals surface area contributed by atoms with Crippen LogP contribution in [-0.2, 0) is 22.6 Å². The van der Waals surface area contributed by atoms with Crippen LogP contribution in [0.25, 0.3) is 0 Å². The fraction of sp³-hybridized carbons (Fsp3) is 0.417. The van der Waals surface area contributed by atoms with Gasteiger partial charge in [0, 0.05) is 24.1 Å². The SMILES string of the molecule is COCc1cc(Cl)cc(OC)c1CC(N)C(=O)O. The van der Waals surface area contributed by atoms with Crippen LogP contribution in [0.3, 0.4) is 0 Å². The Morgan fingerprint density at radius 2 is 2.17 bits per heavy atom. The molecule has 0 spiro atoms. The predicted molar refractivity (Wildman–Crippen MR) is 68.0 cm³/mol. The number of carboxylic acids is 1. The molecular formula is C12H16ClNO4. The molecule has 0 saturated heterocycles. The van der Waals surface area contributed by atoms with E-state index in [0.29, 0.717) is 22.9 Å². The van der Waals surface area contributed by atoms with Crippen LogP contribution in [0.4, 0.5) is 0 Å². The predicted octanol–water partition coefficient (Wildman–Crippen LogP) is 1.45. The van der Waals surface area contributed by atoms with Gasteiger partial charge in [-0.25, -0.2) is 0 Å². The number of benzene rings is 1. The van der Waals surface area contributed by atoms with E-state index in [4.69, 9.17) is 31.9 Å². The van der Waals surface area contributed by atoms with Crippen molar-refractivity contribution in [1.82, 2.24) is 0 Å². The molecule has 0 aromatic heterocycles. The molecule has 0 heterocycles. The number of hydrogen-bond acceptors (Lipinski definition) is 4. The largest absolute Gasteiger partial charge is 0.496 e. The zero-order valence-electron chi connectivity index (χ0n) is 10.3. The molecule has 0 saturated carbocycles. The number of rotatable bonds is 6. The van der Waals surface area contributed by atoms with E-state index >= 15 is 0 Å². The van der Waals surface area contributed by atoms with Gasteiger partial charge >= 0.3 is 5.97 Å². The second-order valence-corrected chi connectivity index (χ2v) is 4.26. The lowest BCUT2D eigenvalue weighted by molar-refractivity contribution is -0.138. The van der Waals surface area contributed by atoms with Gasteiger partial charge in [0.15, 0.2) is 0 Å². The Balaban J connectivity index is 3.15. The number of methoxy groups -OCH3 is 2. The molecule has 1 unspecified atom stereocenters. The van der Waals surface area contributed by atoms with Crippen LogP contribution in [-0.4, -0.2) is 31.3 Å². The van der Waals surface area contributed by atoms with E-state index in [-0.39, 0.29) is 6.42 Å². The number of halogens is 1. The van der Waals surface area contributed by atoms with Crippen LogP contribution < -0.4 is 10.5 Å². The van der Waals surface area contributed by atoms with E-state index in [1.165, 1.54) is 7.11 Å². The van der Waals surface area contributed by atoms with Crippen LogP contribution in [0.15, 0.2) is 12.1 Å². The number of aliphatic carboxylic acids is 1. The third-order valence-electron chi connectivity index (χ3n) is 2.53. The molecule has 3 N–H and O–H groups in total. The minimum Gasteiger partial charge on any atom is -0.496 e. The molecule has 5 nitrogen and oxygen atoms in total. The van der Waals surface area contributed by atoms with Crippen molar-refractivity contribution < 1.29 is 19.4 Å². The lowest BCUT2D eigenvalue weighted by Gasteiger charge is -2.16. The molecule has 6 heteroatoms. The zero-order valence-corrected chi connectivity index (χ0v) is 11.0. The molecule has 0 aliphatic heterocycles. The molecular weight excluding hydrogens is 258 g/mol. The summed E-state index contributed by atoms with van der Waals surface area (Å²) < 4.78 is 10.3. The topological polar surface area (TPSA) is 81.8 Å². The highest BCUT2D eigenvalue weighted by Crippen LogP contribution is 2.29. The van der Waals surface area contributed by atoms with E-state index in [1.54, 1.807) is 19.2 Å². The standard InChI is InChI=1S/C12H16ClNO4/c1-17-6-7-3-8(13)4-11(18-2)9(7)5-10(14)12(15)16/h3-4,10H,5-6,14H2,1-2H3,(H,15,16). The Bertz CT molecular complexity index is 436. The third-order valence-corrected chi connectivity index (χ3v) is 2.75. The van der Waals surface area contributed by atoms with Crippen LogP contribution >= 0.6 is 11.6 Å². The van der Waals surface area contributed by atoms with Crippen LogP contribution in [0.1, 0.15) is 11.1 Å². The molecule has 0 aliphatic rings. The molecule has 1 atom stereocenters. The minimum atomic E-state index is -1.06. The maximum Gasteiger partial charge on any atom is 0.320 e. The lowest BCUT2D eigenvalue weighted by atomic mass is 9.99. The third kappa shape index (κ3) is 3.60. The lowest BCUT2D eigenvalue weighted by Crippen LogP contribution is -2.32. The van der Waals surface area contributed by atoms with Crippen molar-refractivity contribution >= 4 is 17.6 Å². The highest BCUT2D eigenvalue weighted by atomic mass is 35.5. The first-order valence-corrected chi connectivity index (χ1v) is 5.70. The van der Waals surface area contributed by atoms with Crippen molar-refractivity contribution in [2.24, 2.45) is 5.73 Å². The smallest absolute Gasteiger partial charge is 0.320 e. The summed E-state index contributed by atoms with van der Waals surface area (Å²) >= 11 is 5.95. The first kappa shape index (κ1) is 14.8. The Morgan fingerprint density at radius 1 is 1.50 bits per heavy atom. The van der Waals surface area contributed by atoms with E-state index in [2.05, 4.69) is 0 Å². The van der Waals surface area contributed by atoms with Gasteiger partial charge in [0.2, 0.25) is 0 Å². The van der Waals surface area contributed by atoms with Crippen LogP contribution in [0.2, 0.25) is 5.02 Å². The first-order valence-electron chi connectivity index (χ1n) is 5.32. The average molecular weight is 274 g/mol. The summed E-state index contributed by atoms with van der Waals surface area (Å²) in [6, 6.07) is 2.36. The van der Waals surface area contributed by atoms with Crippen molar-refractivity contribution in [1.29, 1.82) is 0 Å². The molecule has 1 aromatic rings. The number of hydrogen-bond donors (Lipinski definition) is 2. The van der Waals surface area contributed by atoms with Crippen molar-refractivity contribution in [3.63, 3.8) is 0 Å². The van der Waals surface area contributed by atoms with E-state index in [9.17, 15) is 4.79 Å². The second-order valence-electron chi connectivity index (χ2n) is 3.83. The molecule has 0 aliphatic carbocycles. The summed E-state index contributed by atoms with van der Waals surface area (Å²) in [5.74, 6) is -0.540. The highest BCUT2D eigenvalue weighted by molar-refractivity contribution is 6.30. The second kappa shape index (κ2) is 6.58. The summed E-state index contributed by atoms with van der Waals surface area (Å²) in [5, 5.41) is 9.37. The Morgan fingerprint density at radius 3 is 2.67 bits per heavy atom. The van der Waals surface area contributed by atoms with Gasteiger partial charge in [-0.1, -0.05) is 11.6 Å². The Kier molecular flexibility index (Phi) is 5.40. The van der Waals surface area contributed by atoms with E-state index in [0.717, 1.165) is 5.56 Å². The van der Waals surface area contributed by atoms with Crippen molar-refractivity contribution in [3.8, 4) is 5.75 Å². The molecule has 18 heavy (non-hydrogen) atoms. The first-order chi connectivity index (χ1) is 8.49. The quantitative estimate of drug-likeness (QED) is 0.820. The number of nitrogens with two attached hydrogens (primary N) is 1. The Labute approximate surface area is 110 Å². The highest BCUT2D eigenvalue weighted by Gasteiger charge is 2.18. The summed E-state index contributed by atoms with van der Waals surface area (Å²) in [6.45, 7) is 0.318. The fourth-order valence-corrected chi connectivity index (χ4v) is 1.90. The van der Waals surface area contributed by atoms with E-state index < -0.39 is 12.0 Å². The van der Waals surface area contributed by atoms with Gasteiger partial charge in [0.05, 0.1) is 13.7 Å². The fourth-order valence-electron chi connectivity index (χ4n) is 1.67. The average Bonchev–Trinajstić information content (AvgIpc) is 2.31.